The summed E-state index contributed by atoms with van der Waals surface area (Å²) in [5.74, 6) is -0.512. The summed E-state index contributed by atoms with van der Waals surface area (Å²) in [4.78, 5) is 20.8. The van der Waals surface area contributed by atoms with Crippen molar-refractivity contribution in [2.45, 2.75) is 59.0 Å². The van der Waals surface area contributed by atoms with E-state index in [1.165, 1.54) is 17.8 Å². The number of hydrogen-bond acceptors (Lipinski definition) is 11. The van der Waals surface area contributed by atoms with Crippen LogP contribution in [0, 0.1) is 11.3 Å². The van der Waals surface area contributed by atoms with Gasteiger partial charge in [0.15, 0.2) is 11.5 Å². The average molecular weight is 563 g/mol. The number of hydrogen-bond donors (Lipinski definition) is 3. The number of esters is 1. The molecule has 0 aliphatic carbocycles. The van der Waals surface area contributed by atoms with Gasteiger partial charge in [-0.1, -0.05) is 45.9 Å². The number of fused-ring (bicyclic) bond motifs is 1. The van der Waals surface area contributed by atoms with Crippen molar-refractivity contribution in [1.29, 1.82) is 0 Å². The Morgan fingerprint density at radius 1 is 1.28 bits per heavy atom. The topological polar surface area (TPSA) is 172 Å². The van der Waals surface area contributed by atoms with Crippen LogP contribution in [0.5, 0.6) is 5.75 Å². The second-order valence-corrected chi connectivity index (χ2v) is 12.4. The van der Waals surface area contributed by atoms with Gasteiger partial charge >= 0.3 is 13.7 Å². The van der Waals surface area contributed by atoms with Crippen LogP contribution in [-0.2, 0) is 23.4 Å². The molecular weight excluding hydrogens is 527 g/mol. The highest BCUT2D eigenvalue weighted by atomic mass is 31.2. The van der Waals surface area contributed by atoms with Gasteiger partial charge in [0.05, 0.1) is 31.2 Å². The number of carbonyl (C=O) groups excluding carboxylic acids is 1. The number of carbonyl (C=O) groups is 1. The van der Waals surface area contributed by atoms with E-state index in [2.05, 4.69) is 20.2 Å². The number of nitrogens with two attached hydrogens (primary N) is 1. The van der Waals surface area contributed by atoms with Crippen molar-refractivity contribution in [1.82, 2.24) is 24.7 Å². The zero-order chi connectivity index (χ0) is 28.4. The third-order valence-electron chi connectivity index (χ3n) is 6.10. The molecule has 3 aromatic rings. The van der Waals surface area contributed by atoms with E-state index < -0.39 is 38.1 Å². The molecule has 4 N–H and O–H groups in total. The molecule has 14 heteroatoms. The van der Waals surface area contributed by atoms with E-state index in [4.69, 9.17) is 24.3 Å². The third kappa shape index (κ3) is 6.92. The number of nitrogen functional groups attached to an aromatic ring is 1. The summed E-state index contributed by atoms with van der Waals surface area (Å²) in [6.07, 6.45) is 0.423. The predicted octanol–water partition coefficient (Wildman–Crippen LogP) is 2.91. The van der Waals surface area contributed by atoms with Gasteiger partial charge < -0.3 is 24.8 Å². The van der Waals surface area contributed by atoms with E-state index >= 15 is 0 Å². The van der Waals surface area contributed by atoms with Crippen molar-refractivity contribution in [2.75, 3.05) is 18.9 Å². The molecule has 0 spiro atoms. The summed E-state index contributed by atoms with van der Waals surface area (Å²) in [5, 5.41) is 17.8. The van der Waals surface area contributed by atoms with Crippen LogP contribution in [-0.4, -0.2) is 62.1 Å². The molecular formula is C25H35N6O7P. The molecule has 3 heterocycles. The molecule has 0 radical (unpaired) electrons. The Hall–Kier alpha value is -3.09. The maximum Gasteiger partial charge on any atom is 0.459 e. The lowest BCUT2D eigenvalue weighted by Crippen LogP contribution is -2.37. The van der Waals surface area contributed by atoms with Crippen LogP contribution in [0.4, 0.5) is 5.82 Å². The Labute approximate surface area is 226 Å². The summed E-state index contributed by atoms with van der Waals surface area (Å²) < 4.78 is 38.2. The molecule has 1 aliphatic rings. The van der Waals surface area contributed by atoms with Crippen molar-refractivity contribution in [3.63, 3.8) is 0 Å². The first-order valence-electron chi connectivity index (χ1n) is 12.6. The second-order valence-electron chi connectivity index (χ2n) is 10.7. The van der Waals surface area contributed by atoms with Crippen LogP contribution >= 0.6 is 7.75 Å². The number of anilines is 1. The maximum absolute atomic E-state index is 13.8. The summed E-state index contributed by atoms with van der Waals surface area (Å²) in [6.45, 7) is 9.00. The molecule has 212 valence electrons. The Kier molecular flexibility index (Phi) is 8.57. The summed E-state index contributed by atoms with van der Waals surface area (Å²) in [5.41, 5.74) is 6.59. The molecule has 1 fully saturated rings. The number of aliphatic hydroxyl groups is 1. The summed E-state index contributed by atoms with van der Waals surface area (Å²) in [6, 6.07) is 7.41. The SMILES string of the molecule is C[C@H]1[C@H](O)[C@@H](COP(=O)(N[C@@H](C)C(=O)OCC(C)(C)C)Oc2ccccc2)O[C@H]1c1cnc2c(N)ncnn12. The van der Waals surface area contributed by atoms with Crippen LogP contribution in [0.3, 0.4) is 0 Å². The number of para-hydroxylation sites is 1. The molecule has 6 atom stereocenters. The molecule has 1 aromatic carbocycles. The maximum atomic E-state index is 13.8. The van der Waals surface area contributed by atoms with E-state index in [9.17, 15) is 14.5 Å². The molecule has 1 unspecified atom stereocenters. The minimum Gasteiger partial charge on any atom is -0.464 e. The zero-order valence-electron chi connectivity index (χ0n) is 22.6. The fraction of sp³-hybridized carbons (Fsp3) is 0.520. The molecule has 39 heavy (non-hydrogen) atoms. The third-order valence-corrected chi connectivity index (χ3v) is 7.74. The van der Waals surface area contributed by atoms with Gasteiger partial charge in [0, 0.05) is 5.92 Å². The van der Waals surface area contributed by atoms with Gasteiger partial charge in [-0.3, -0.25) is 9.32 Å². The molecule has 13 nitrogen and oxygen atoms in total. The quantitative estimate of drug-likeness (QED) is 0.244. The van der Waals surface area contributed by atoms with E-state index in [1.807, 2.05) is 27.7 Å². The van der Waals surface area contributed by atoms with Gasteiger partial charge in [0.1, 0.15) is 30.3 Å². The molecule has 1 saturated heterocycles. The standard InChI is InChI=1S/C25H35N6O7P/c1-15-20(32)19(37-21(15)18-11-27-23-22(26)28-14-29-31(18)23)12-36-39(34,38-17-9-7-6-8-10-17)30-16(2)24(33)35-13-25(3,4)5/h6-11,14-16,19-21,32H,12-13H2,1-5H3,(H,30,34)(H2,26,28,29)/t15-,16-,19+,20-,21+,39?/m0/s1. The number of aliphatic hydroxyl groups excluding tert-OH is 1. The minimum atomic E-state index is -4.14. The van der Waals surface area contributed by atoms with E-state index in [1.54, 1.807) is 36.5 Å². The van der Waals surface area contributed by atoms with Crippen LogP contribution in [0.2, 0.25) is 0 Å². The first-order valence-corrected chi connectivity index (χ1v) is 14.1. The van der Waals surface area contributed by atoms with Gasteiger partial charge in [-0.25, -0.2) is 19.0 Å². The van der Waals surface area contributed by atoms with Gasteiger partial charge in [0.2, 0.25) is 0 Å². The van der Waals surface area contributed by atoms with E-state index in [0.29, 0.717) is 11.3 Å². The van der Waals surface area contributed by atoms with Crippen LogP contribution in [0.25, 0.3) is 5.65 Å². The number of imidazole rings is 1. The zero-order valence-corrected chi connectivity index (χ0v) is 23.4. The Balaban J connectivity index is 1.48. The number of ether oxygens (including phenoxy) is 2. The van der Waals surface area contributed by atoms with Gasteiger partial charge in [0.25, 0.3) is 0 Å². The van der Waals surface area contributed by atoms with Crippen molar-refractivity contribution in [2.24, 2.45) is 11.3 Å². The van der Waals surface area contributed by atoms with E-state index in [-0.39, 0.29) is 36.1 Å². The first kappa shape index (κ1) is 28.9. The Morgan fingerprint density at radius 2 is 2.00 bits per heavy atom. The average Bonchev–Trinajstić information content (AvgIpc) is 3.43. The highest BCUT2D eigenvalue weighted by Crippen LogP contribution is 2.47. The van der Waals surface area contributed by atoms with Crippen molar-refractivity contribution in [3.8, 4) is 5.75 Å². The van der Waals surface area contributed by atoms with E-state index in [0.717, 1.165) is 0 Å². The summed E-state index contributed by atoms with van der Waals surface area (Å²) in [7, 11) is -4.14. The number of nitrogens with one attached hydrogen (secondary N) is 1. The first-order chi connectivity index (χ1) is 18.4. The molecule has 2 aromatic heterocycles. The lowest BCUT2D eigenvalue weighted by Gasteiger charge is -2.25. The number of nitrogens with zero attached hydrogens (tertiary/aromatic N) is 4. The fourth-order valence-electron chi connectivity index (χ4n) is 4.02. The van der Waals surface area contributed by atoms with Gasteiger partial charge in [-0.15, -0.1) is 0 Å². The lowest BCUT2D eigenvalue weighted by molar-refractivity contribution is -0.148. The van der Waals surface area contributed by atoms with Crippen molar-refractivity contribution >= 4 is 25.2 Å². The predicted molar refractivity (Wildman–Crippen MR) is 142 cm³/mol. The van der Waals surface area contributed by atoms with Crippen LogP contribution < -0.4 is 15.3 Å². The van der Waals surface area contributed by atoms with Crippen LogP contribution in [0.15, 0.2) is 42.9 Å². The lowest BCUT2D eigenvalue weighted by atomic mass is 9.97. The Morgan fingerprint density at radius 3 is 2.69 bits per heavy atom. The Bertz CT molecular complexity index is 1330. The smallest absolute Gasteiger partial charge is 0.459 e. The van der Waals surface area contributed by atoms with Gasteiger partial charge in [-0.05, 0) is 24.5 Å². The molecule has 0 amide bonds. The fourth-order valence-corrected chi connectivity index (χ4v) is 5.52. The second kappa shape index (κ2) is 11.6. The number of rotatable bonds is 10. The molecule has 4 rings (SSSR count). The number of benzene rings is 1. The normalized spacial score (nSPS) is 23.8. The van der Waals surface area contributed by atoms with Crippen LogP contribution in [0.1, 0.15) is 46.4 Å². The van der Waals surface area contributed by atoms with Crippen molar-refractivity contribution < 1.29 is 33.0 Å². The summed E-state index contributed by atoms with van der Waals surface area (Å²) >= 11 is 0. The number of aromatic nitrogens is 4. The van der Waals surface area contributed by atoms with Crippen molar-refractivity contribution in [3.05, 3.63) is 48.5 Å². The molecule has 0 saturated carbocycles. The molecule has 1 aliphatic heterocycles. The highest BCUT2D eigenvalue weighted by Gasteiger charge is 2.45. The van der Waals surface area contributed by atoms with Gasteiger partial charge in [-0.2, -0.15) is 10.2 Å². The minimum absolute atomic E-state index is 0.184. The monoisotopic (exact) mass is 562 g/mol. The molecule has 0 bridgehead atoms. The largest absolute Gasteiger partial charge is 0.464 e. The highest BCUT2D eigenvalue weighted by molar-refractivity contribution is 7.52.